The van der Waals surface area contributed by atoms with Gasteiger partial charge in [0.05, 0.1) is 11.5 Å². The summed E-state index contributed by atoms with van der Waals surface area (Å²) in [5.74, 6) is -1.97. The van der Waals surface area contributed by atoms with E-state index in [4.69, 9.17) is 21.3 Å². The average Bonchev–Trinajstić information content (AvgIpc) is 3.40. The number of hydrogen-bond donors (Lipinski definition) is 0. The van der Waals surface area contributed by atoms with E-state index in [0.717, 1.165) is 0 Å². The zero-order chi connectivity index (χ0) is 31.4. The average molecular weight is 610 g/mol. The minimum absolute atomic E-state index is 0.274. The van der Waals surface area contributed by atoms with Gasteiger partial charge in [0.15, 0.2) is 11.5 Å². The fourth-order valence-corrected chi connectivity index (χ4v) is 5.87. The quantitative estimate of drug-likeness (QED) is 0.0952. The van der Waals surface area contributed by atoms with Gasteiger partial charge < -0.3 is 4.74 Å². The Bertz CT molecular complexity index is 1880. The number of halogens is 1. The third-order valence-electron chi connectivity index (χ3n) is 7.75. The first-order valence-corrected chi connectivity index (χ1v) is 14.9. The SMILES string of the molecule is CC1(N=C(C(=O)c2ccccc2)C(=O)c2ccccc2)OC(c2ccccc2)=C(C(=O)c2ccccc2)C1c1ccccc1Cl. The lowest BCUT2D eigenvalue weighted by Gasteiger charge is -2.30. The van der Waals surface area contributed by atoms with Crippen LogP contribution >= 0.6 is 11.6 Å². The molecule has 45 heavy (non-hydrogen) atoms. The highest BCUT2D eigenvalue weighted by molar-refractivity contribution is 6.72. The summed E-state index contributed by atoms with van der Waals surface area (Å²) >= 11 is 6.82. The van der Waals surface area contributed by atoms with Crippen LogP contribution < -0.4 is 0 Å². The number of hydrogen-bond acceptors (Lipinski definition) is 5. The monoisotopic (exact) mass is 609 g/mol. The van der Waals surface area contributed by atoms with E-state index in [1.807, 2.05) is 48.5 Å². The molecule has 0 N–H and O–H groups in total. The van der Waals surface area contributed by atoms with Crippen LogP contribution in [0.3, 0.4) is 0 Å². The van der Waals surface area contributed by atoms with E-state index in [1.54, 1.807) is 104 Å². The number of ether oxygens (including phenoxy) is 1. The van der Waals surface area contributed by atoms with E-state index in [9.17, 15) is 14.4 Å². The fraction of sp³-hybridized carbons (Fsp3) is 0.0769. The Kier molecular flexibility index (Phi) is 8.37. The van der Waals surface area contributed by atoms with Crippen molar-refractivity contribution in [3.05, 3.63) is 184 Å². The molecule has 5 aromatic rings. The summed E-state index contributed by atoms with van der Waals surface area (Å²) < 4.78 is 6.72. The molecule has 0 saturated heterocycles. The molecule has 5 nitrogen and oxygen atoms in total. The van der Waals surface area contributed by atoms with E-state index in [-0.39, 0.29) is 11.5 Å². The maximum Gasteiger partial charge on any atom is 0.215 e. The van der Waals surface area contributed by atoms with Crippen molar-refractivity contribution in [1.82, 2.24) is 0 Å². The first-order chi connectivity index (χ1) is 21.9. The summed E-state index contributed by atoms with van der Waals surface area (Å²) in [5, 5.41) is 0.394. The molecule has 220 valence electrons. The van der Waals surface area contributed by atoms with Gasteiger partial charge in [-0.05, 0) is 18.6 Å². The molecular weight excluding hydrogens is 582 g/mol. The molecule has 0 saturated carbocycles. The molecule has 0 aliphatic carbocycles. The Morgan fingerprint density at radius 1 is 0.622 bits per heavy atom. The highest BCUT2D eigenvalue weighted by Crippen LogP contribution is 2.52. The van der Waals surface area contributed by atoms with Gasteiger partial charge in [0.1, 0.15) is 5.76 Å². The Morgan fingerprint density at radius 2 is 1.07 bits per heavy atom. The first kappa shape index (κ1) is 29.7. The molecule has 2 atom stereocenters. The molecule has 0 amide bonds. The van der Waals surface area contributed by atoms with Crippen LogP contribution in [-0.4, -0.2) is 28.8 Å². The third kappa shape index (κ3) is 5.91. The smallest absolute Gasteiger partial charge is 0.215 e. The lowest BCUT2D eigenvalue weighted by Crippen LogP contribution is -2.36. The maximum atomic E-state index is 14.4. The molecule has 6 rings (SSSR count). The van der Waals surface area contributed by atoms with E-state index in [2.05, 4.69) is 0 Å². The molecule has 0 fully saturated rings. The van der Waals surface area contributed by atoms with Crippen molar-refractivity contribution in [3.8, 4) is 0 Å². The number of carbonyl (C=O) groups is 3. The fourth-order valence-electron chi connectivity index (χ4n) is 5.62. The van der Waals surface area contributed by atoms with Gasteiger partial charge in [0, 0.05) is 27.3 Å². The van der Waals surface area contributed by atoms with Crippen LogP contribution in [0.4, 0.5) is 0 Å². The molecule has 2 unspecified atom stereocenters. The van der Waals surface area contributed by atoms with E-state index >= 15 is 0 Å². The van der Waals surface area contributed by atoms with Crippen LogP contribution in [0.5, 0.6) is 0 Å². The van der Waals surface area contributed by atoms with Crippen LogP contribution in [0.25, 0.3) is 5.76 Å². The number of carbonyl (C=O) groups excluding carboxylic acids is 3. The number of rotatable bonds is 9. The minimum Gasteiger partial charge on any atom is -0.464 e. The van der Waals surface area contributed by atoms with Gasteiger partial charge in [0.2, 0.25) is 17.3 Å². The van der Waals surface area contributed by atoms with Crippen LogP contribution in [0, 0.1) is 0 Å². The number of benzene rings is 5. The van der Waals surface area contributed by atoms with Crippen LogP contribution in [0.1, 0.15) is 55.0 Å². The first-order valence-electron chi connectivity index (χ1n) is 14.5. The second-order valence-electron chi connectivity index (χ2n) is 10.8. The topological polar surface area (TPSA) is 72.8 Å². The van der Waals surface area contributed by atoms with Crippen molar-refractivity contribution < 1.29 is 19.1 Å². The Balaban J connectivity index is 1.62. The second-order valence-corrected chi connectivity index (χ2v) is 11.2. The molecule has 6 heteroatoms. The summed E-state index contributed by atoms with van der Waals surface area (Å²) in [6.45, 7) is 1.69. The summed E-state index contributed by atoms with van der Waals surface area (Å²) in [4.78, 5) is 47.5. The summed E-state index contributed by atoms with van der Waals surface area (Å²) in [7, 11) is 0. The van der Waals surface area contributed by atoms with Crippen molar-refractivity contribution in [2.24, 2.45) is 4.99 Å². The molecule has 0 aromatic heterocycles. The molecule has 1 aliphatic rings. The third-order valence-corrected chi connectivity index (χ3v) is 8.09. The highest BCUT2D eigenvalue weighted by atomic mass is 35.5. The summed E-state index contributed by atoms with van der Waals surface area (Å²) in [6, 6.07) is 42.4. The summed E-state index contributed by atoms with van der Waals surface area (Å²) in [6.07, 6.45) is 0. The van der Waals surface area contributed by atoms with Crippen LogP contribution in [0.2, 0.25) is 5.02 Å². The van der Waals surface area contributed by atoms with Gasteiger partial charge in [-0.25, -0.2) is 4.99 Å². The molecule has 1 heterocycles. The van der Waals surface area contributed by atoms with Crippen molar-refractivity contribution in [1.29, 1.82) is 0 Å². The van der Waals surface area contributed by atoms with Gasteiger partial charge >= 0.3 is 0 Å². The molecule has 0 bridgehead atoms. The highest BCUT2D eigenvalue weighted by Gasteiger charge is 2.52. The molecule has 5 aromatic carbocycles. The molecule has 0 spiro atoms. The van der Waals surface area contributed by atoms with Gasteiger partial charge in [-0.15, -0.1) is 0 Å². The maximum absolute atomic E-state index is 14.4. The van der Waals surface area contributed by atoms with Crippen molar-refractivity contribution in [3.63, 3.8) is 0 Å². The predicted octanol–water partition coefficient (Wildman–Crippen LogP) is 8.67. The predicted molar refractivity (Wildman–Crippen MR) is 177 cm³/mol. The summed E-state index contributed by atoms with van der Waals surface area (Å²) in [5.41, 5.74) is 0.669. The largest absolute Gasteiger partial charge is 0.464 e. The van der Waals surface area contributed by atoms with Crippen LogP contribution in [-0.2, 0) is 4.74 Å². The van der Waals surface area contributed by atoms with Gasteiger partial charge in [-0.3, -0.25) is 14.4 Å². The Hall–Kier alpha value is -5.39. The number of nitrogens with zero attached hydrogens (tertiary/aromatic N) is 1. The molecular formula is C39H28ClNO4. The van der Waals surface area contributed by atoms with E-state index in [1.165, 1.54) is 0 Å². The van der Waals surface area contributed by atoms with Crippen molar-refractivity contribution >= 4 is 40.4 Å². The molecule has 1 aliphatic heterocycles. The van der Waals surface area contributed by atoms with E-state index in [0.29, 0.717) is 44.2 Å². The normalized spacial score (nSPS) is 17.3. The molecule has 0 radical (unpaired) electrons. The Morgan fingerprint density at radius 3 is 1.58 bits per heavy atom. The van der Waals surface area contributed by atoms with Gasteiger partial charge in [-0.1, -0.05) is 151 Å². The zero-order valence-corrected chi connectivity index (χ0v) is 25.1. The standard InChI is InChI=1S/C39H28ClNO4/c1-39(41-34(36(43)27-18-8-3-9-19-27)37(44)28-20-10-4-11-21-28)33(30-24-14-15-25-31(30)40)32(35(42)26-16-6-2-7-17-26)38(45-39)29-22-12-5-13-23-29/h2-25,33H,1H3. The number of ketones is 3. The van der Waals surface area contributed by atoms with Crippen LogP contribution in [0.15, 0.2) is 156 Å². The Labute approximate surface area is 266 Å². The number of aliphatic imine (C=N–C) groups is 1. The lowest BCUT2D eigenvalue weighted by atomic mass is 9.80. The van der Waals surface area contributed by atoms with Crippen molar-refractivity contribution in [2.45, 2.75) is 18.6 Å². The number of Topliss-reactive ketones (excluding diaryl/α,β-unsaturated/α-hetero) is 3. The zero-order valence-electron chi connectivity index (χ0n) is 24.4. The van der Waals surface area contributed by atoms with Crippen molar-refractivity contribution in [2.75, 3.05) is 0 Å². The minimum atomic E-state index is -1.62. The second kappa shape index (κ2) is 12.7. The van der Waals surface area contributed by atoms with Gasteiger partial charge in [0.25, 0.3) is 0 Å². The lowest BCUT2D eigenvalue weighted by molar-refractivity contribution is 0.0700. The van der Waals surface area contributed by atoms with E-state index < -0.39 is 23.2 Å². The van der Waals surface area contributed by atoms with Gasteiger partial charge in [-0.2, -0.15) is 0 Å².